The summed E-state index contributed by atoms with van der Waals surface area (Å²) in [5.74, 6) is 0.731. The highest BCUT2D eigenvalue weighted by Crippen LogP contribution is 2.47. The van der Waals surface area contributed by atoms with Crippen LogP contribution in [-0.4, -0.2) is 83.1 Å². The number of aromatic nitrogens is 6. The average Bonchev–Trinajstić information content (AvgIpc) is 3.82. The van der Waals surface area contributed by atoms with Crippen molar-refractivity contribution in [3.63, 3.8) is 0 Å². The number of fused-ring (bicyclic) bond motifs is 3. The topological polar surface area (TPSA) is 123 Å². The zero-order valence-corrected chi connectivity index (χ0v) is 33.6. The molecule has 3 fully saturated rings. The van der Waals surface area contributed by atoms with E-state index in [0.717, 1.165) is 80.1 Å². The minimum absolute atomic E-state index is 0.162. The fraction of sp³-hybridized carbons (Fsp3) is 0.537. The Balaban J connectivity index is 0.906. The van der Waals surface area contributed by atoms with Crippen LogP contribution in [0.2, 0.25) is 10.0 Å². The van der Waals surface area contributed by atoms with Gasteiger partial charge < -0.3 is 19.5 Å². The maximum absolute atomic E-state index is 13.8. The molecule has 12 nitrogen and oxygen atoms in total. The standard InChI is InChI=1S/C41H50Cl2N8O4/c1-5-49-34-29-21-33(46-36(29)44-23-30(34)37(52)51(38(49)53)35-31(42)7-6-8-32(35)43)27-22-45-50(25-27)28-11-17-47(18-12-28)24-26-9-13-41(14-10-26)15-19-48(20-16-41)39(54)55-40(2,3)4/h6-8,21-23,25-26,28H,5,9-20,24H2,1-4H3,(H,44,46). The maximum atomic E-state index is 13.8. The summed E-state index contributed by atoms with van der Waals surface area (Å²) in [4.78, 5) is 52.8. The van der Waals surface area contributed by atoms with Crippen molar-refractivity contribution in [2.75, 3.05) is 32.7 Å². The van der Waals surface area contributed by atoms with Crippen LogP contribution in [0.15, 0.2) is 52.4 Å². The number of nitrogens with one attached hydrogen (secondary N) is 1. The minimum Gasteiger partial charge on any atom is -0.444 e. The number of pyridine rings is 1. The molecule has 2 aliphatic heterocycles. The molecule has 4 aromatic heterocycles. The van der Waals surface area contributed by atoms with E-state index in [4.69, 9.17) is 33.0 Å². The van der Waals surface area contributed by atoms with Crippen LogP contribution in [0.25, 0.3) is 38.9 Å². The third-order valence-electron chi connectivity index (χ3n) is 12.2. The van der Waals surface area contributed by atoms with Crippen LogP contribution in [0.4, 0.5) is 4.79 Å². The average molecular weight is 790 g/mol. The summed E-state index contributed by atoms with van der Waals surface area (Å²) in [7, 11) is 0. The Bertz CT molecular complexity index is 2330. The largest absolute Gasteiger partial charge is 0.444 e. The van der Waals surface area contributed by atoms with E-state index in [1.165, 1.54) is 31.9 Å². The third kappa shape index (κ3) is 7.33. The van der Waals surface area contributed by atoms with Gasteiger partial charge in [0.1, 0.15) is 11.2 Å². The molecule has 0 unspecified atom stereocenters. The van der Waals surface area contributed by atoms with Crippen LogP contribution < -0.4 is 11.2 Å². The molecule has 55 heavy (non-hydrogen) atoms. The molecule has 5 aromatic rings. The summed E-state index contributed by atoms with van der Waals surface area (Å²) in [5, 5.41) is 6.19. The van der Waals surface area contributed by atoms with Crippen LogP contribution in [0.3, 0.4) is 0 Å². The molecule has 2 saturated heterocycles. The number of rotatable bonds is 6. The number of hydrogen-bond donors (Lipinski definition) is 1. The second kappa shape index (κ2) is 14.7. The first-order valence-corrected chi connectivity index (χ1v) is 20.4. The van der Waals surface area contributed by atoms with Crippen molar-refractivity contribution in [2.24, 2.45) is 11.3 Å². The Labute approximate surface area is 330 Å². The number of amides is 1. The first-order valence-electron chi connectivity index (χ1n) is 19.7. The van der Waals surface area contributed by atoms with E-state index >= 15 is 0 Å². The lowest BCUT2D eigenvalue weighted by Crippen LogP contribution is -2.47. The molecule has 1 spiro atoms. The van der Waals surface area contributed by atoms with E-state index < -0.39 is 16.9 Å². The predicted octanol–water partition coefficient (Wildman–Crippen LogP) is 8.06. The number of halogens is 2. The van der Waals surface area contributed by atoms with Gasteiger partial charge >= 0.3 is 11.8 Å². The van der Waals surface area contributed by atoms with Crippen molar-refractivity contribution in [1.29, 1.82) is 0 Å². The monoisotopic (exact) mass is 788 g/mol. The van der Waals surface area contributed by atoms with Crippen molar-refractivity contribution >= 4 is 51.2 Å². The summed E-state index contributed by atoms with van der Waals surface area (Å²) in [6, 6.07) is 7.15. The Hall–Kier alpha value is -4.13. The molecular formula is C41H50Cl2N8O4. The number of benzene rings is 1. The van der Waals surface area contributed by atoms with Crippen LogP contribution >= 0.6 is 23.2 Å². The molecule has 8 rings (SSSR count). The number of likely N-dealkylation sites (tertiary alicyclic amines) is 2. The number of carbonyl (C=O) groups is 1. The van der Waals surface area contributed by atoms with E-state index in [2.05, 4.69) is 25.7 Å². The SMILES string of the molecule is CCn1c(=O)n(-c2c(Cl)cccc2Cl)c(=O)c2cnc3[nH]c(-c4cnn(C5CCN(CC6CCC7(CC6)CCN(C(=O)OC(C)(C)C)CC7)CC5)c4)cc3c21. The fourth-order valence-electron chi connectivity index (χ4n) is 9.15. The molecule has 1 aromatic carbocycles. The number of carbonyl (C=O) groups excluding carboxylic acids is 1. The Kier molecular flexibility index (Phi) is 10.1. The van der Waals surface area contributed by atoms with Gasteiger partial charge in [-0.3, -0.25) is 14.0 Å². The number of nitrogens with zero attached hydrogens (tertiary/aromatic N) is 7. The van der Waals surface area contributed by atoms with E-state index in [1.807, 2.05) is 44.9 Å². The number of ether oxygens (including phenoxy) is 1. The van der Waals surface area contributed by atoms with Gasteiger partial charge in [0.05, 0.1) is 44.6 Å². The van der Waals surface area contributed by atoms with E-state index in [0.29, 0.717) is 39.9 Å². The van der Waals surface area contributed by atoms with E-state index in [1.54, 1.807) is 22.8 Å². The second-order valence-electron chi connectivity index (χ2n) is 16.9. The summed E-state index contributed by atoms with van der Waals surface area (Å²) < 4.78 is 10.3. The van der Waals surface area contributed by atoms with E-state index in [-0.39, 0.29) is 21.8 Å². The van der Waals surface area contributed by atoms with Gasteiger partial charge in [-0.05, 0) is 109 Å². The molecule has 3 aliphatic rings. The normalized spacial score (nSPS) is 18.8. The van der Waals surface area contributed by atoms with Gasteiger partial charge in [-0.15, -0.1) is 0 Å². The molecule has 292 valence electrons. The first-order chi connectivity index (χ1) is 26.3. The highest BCUT2D eigenvalue weighted by molar-refractivity contribution is 6.37. The summed E-state index contributed by atoms with van der Waals surface area (Å²) in [6.45, 7) is 12.9. The molecule has 0 radical (unpaired) electrons. The van der Waals surface area contributed by atoms with Gasteiger partial charge in [-0.1, -0.05) is 29.3 Å². The van der Waals surface area contributed by atoms with Gasteiger partial charge in [0.25, 0.3) is 5.56 Å². The van der Waals surface area contributed by atoms with Crippen LogP contribution in [-0.2, 0) is 11.3 Å². The van der Waals surface area contributed by atoms with Gasteiger partial charge in [0, 0.05) is 62.6 Å². The molecule has 1 N–H and O–H groups in total. The van der Waals surface area contributed by atoms with Gasteiger partial charge in [-0.2, -0.15) is 5.10 Å². The predicted molar refractivity (Wildman–Crippen MR) is 217 cm³/mol. The molecule has 1 saturated carbocycles. The second-order valence-corrected chi connectivity index (χ2v) is 17.7. The Morgan fingerprint density at radius 2 is 1.65 bits per heavy atom. The zero-order chi connectivity index (χ0) is 38.6. The van der Waals surface area contributed by atoms with Crippen molar-refractivity contribution in [3.8, 4) is 16.9 Å². The lowest BCUT2D eigenvalue weighted by atomic mass is 9.65. The van der Waals surface area contributed by atoms with Crippen molar-refractivity contribution < 1.29 is 9.53 Å². The molecule has 6 heterocycles. The number of aryl methyl sites for hydroxylation is 1. The minimum atomic E-state index is -0.527. The van der Waals surface area contributed by atoms with Crippen LogP contribution in [0, 0.1) is 11.3 Å². The van der Waals surface area contributed by atoms with E-state index in [9.17, 15) is 14.4 Å². The van der Waals surface area contributed by atoms with Crippen molar-refractivity contribution in [2.45, 2.75) is 97.2 Å². The molecule has 0 bridgehead atoms. The van der Waals surface area contributed by atoms with Crippen molar-refractivity contribution in [3.05, 3.63) is 73.7 Å². The third-order valence-corrected chi connectivity index (χ3v) is 12.8. The van der Waals surface area contributed by atoms with Gasteiger partial charge in [0.2, 0.25) is 0 Å². The van der Waals surface area contributed by atoms with Gasteiger partial charge in [-0.25, -0.2) is 19.1 Å². The molecule has 0 atom stereocenters. The Morgan fingerprint density at radius 1 is 0.964 bits per heavy atom. The number of para-hydroxylation sites is 1. The first kappa shape index (κ1) is 37.8. The van der Waals surface area contributed by atoms with Crippen LogP contribution in [0.1, 0.15) is 85.1 Å². The highest BCUT2D eigenvalue weighted by atomic mass is 35.5. The lowest BCUT2D eigenvalue weighted by molar-refractivity contribution is -0.000368. The molecule has 1 amide bonds. The molecule has 14 heteroatoms. The van der Waals surface area contributed by atoms with Crippen molar-refractivity contribution in [1.82, 2.24) is 38.7 Å². The quantitative estimate of drug-likeness (QED) is 0.185. The Morgan fingerprint density at radius 3 is 2.31 bits per heavy atom. The summed E-state index contributed by atoms with van der Waals surface area (Å²) in [5.41, 5.74) is 1.88. The molecular weight excluding hydrogens is 739 g/mol. The number of H-pyrrole nitrogens is 1. The number of piperidine rings is 2. The molecule has 1 aliphatic carbocycles. The smallest absolute Gasteiger partial charge is 0.410 e. The fourth-order valence-corrected chi connectivity index (χ4v) is 9.72. The highest BCUT2D eigenvalue weighted by Gasteiger charge is 2.40. The van der Waals surface area contributed by atoms with Gasteiger partial charge in [0.15, 0.2) is 0 Å². The van der Waals surface area contributed by atoms with Crippen LogP contribution in [0.5, 0.6) is 0 Å². The maximum Gasteiger partial charge on any atom is 0.410 e. The zero-order valence-electron chi connectivity index (χ0n) is 32.1. The summed E-state index contributed by atoms with van der Waals surface area (Å²) >= 11 is 12.9. The number of aromatic amines is 1. The number of hydrogen-bond acceptors (Lipinski definition) is 7. The summed E-state index contributed by atoms with van der Waals surface area (Å²) in [6.07, 6.45) is 14.6. The lowest BCUT2D eigenvalue weighted by Gasteiger charge is -2.46.